The van der Waals surface area contributed by atoms with Gasteiger partial charge in [-0.1, -0.05) is 19.9 Å². The van der Waals surface area contributed by atoms with E-state index in [0.717, 1.165) is 36.2 Å². The normalized spacial score (nSPS) is 11.6. The van der Waals surface area contributed by atoms with E-state index in [4.69, 9.17) is 4.42 Å². The average molecular weight is 289 g/mol. The summed E-state index contributed by atoms with van der Waals surface area (Å²) in [6.07, 6.45) is 3.21. The summed E-state index contributed by atoms with van der Waals surface area (Å²) < 4.78 is 5.23. The lowest BCUT2D eigenvalue weighted by molar-refractivity contribution is 0.127. The van der Waals surface area contributed by atoms with Crippen molar-refractivity contribution >= 4 is 5.69 Å². The lowest BCUT2D eigenvalue weighted by Crippen LogP contribution is -2.32. The first-order chi connectivity index (χ1) is 10.1. The highest BCUT2D eigenvalue weighted by Gasteiger charge is 2.25. The molecule has 0 saturated carbocycles. The molecule has 21 heavy (non-hydrogen) atoms. The molecular weight excluding hydrogens is 266 g/mol. The van der Waals surface area contributed by atoms with Gasteiger partial charge in [0.2, 0.25) is 12.3 Å². The molecule has 2 N–H and O–H groups in total. The van der Waals surface area contributed by atoms with Gasteiger partial charge in [-0.15, -0.1) is 10.2 Å². The van der Waals surface area contributed by atoms with Gasteiger partial charge in [0.25, 0.3) is 0 Å². The summed E-state index contributed by atoms with van der Waals surface area (Å²) in [5, 5.41) is 20.8. The number of nitrogens with one attached hydrogen (secondary N) is 1. The number of aryl methyl sites for hydroxylation is 1. The van der Waals surface area contributed by atoms with Crippen LogP contribution in [0, 0.1) is 12.3 Å². The van der Waals surface area contributed by atoms with Crippen molar-refractivity contribution in [1.82, 2.24) is 10.2 Å². The maximum absolute atomic E-state index is 9.66. The topological polar surface area (TPSA) is 71.2 Å². The van der Waals surface area contributed by atoms with E-state index in [1.54, 1.807) is 0 Å². The van der Waals surface area contributed by atoms with Crippen LogP contribution in [0.25, 0.3) is 11.5 Å². The summed E-state index contributed by atoms with van der Waals surface area (Å²) in [6, 6.07) is 6.00. The molecule has 0 bridgehead atoms. The number of hydrogen-bond donors (Lipinski definition) is 2. The molecule has 2 aromatic rings. The Morgan fingerprint density at radius 3 is 2.62 bits per heavy atom. The summed E-state index contributed by atoms with van der Waals surface area (Å²) >= 11 is 0. The quantitative estimate of drug-likeness (QED) is 0.818. The van der Waals surface area contributed by atoms with Gasteiger partial charge in [0.05, 0.1) is 6.61 Å². The standard InChI is InChI=1S/C16H23N3O2/c1-4-16(5-2,10-20)9-17-14-8-13(7-6-12(14)3)15-19-18-11-21-15/h6-8,11,17,20H,4-5,9-10H2,1-3H3. The van der Waals surface area contributed by atoms with Gasteiger partial charge in [-0.05, 0) is 37.5 Å². The van der Waals surface area contributed by atoms with Crippen molar-refractivity contribution < 1.29 is 9.52 Å². The third kappa shape index (κ3) is 3.42. The second kappa shape index (κ2) is 6.72. The maximum Gasteiger partial charge on any atom is 0.247 e. The smallest absolute Gasteiger partial charge is 0.247 e. The van der Waals surface area contributed by atoms with Crippen molar-refractivity contribution in [3.8, 4) is 11.5 Å². The van der Waals surface area contributed by atoms with Gasteiger partial charge in [-0.3, -0.25) is 0 Å². The lowest BCUT2D eigenvalue weighted by atomic mass is 9.83. The second-order valence-electron chi connectivity index (χ2n) is 5.49. The molecule has 0 atom stereocenters. The van der Waals surface area contributed by atoms with Crippen LogP contribution in [0.5, 0.6) is 0 Å². The molecule has 1 heterocycles. The predicted octanol–water partition coefficient (Wildman–Crippen LogP) is 3.26. The summed E-state index contributed by atoms with van der Waals surface area (Å²) in [5.74, 6) is 0.512. The number of aliphatic hydroxyl groups excluding tert-OH is 1. The first-order valence-electron chi connectivity index (χ1n) is 7.36. The molecule has 1 aromatic heterocycles. The third-order valence-electron chi connectivity index (χ3n) is 4.33. The molecule has 5 nitrogen and oxygen atoms in total. The van der Waals surface area contributed by atoms with E-state index >= 15 is 0 Å². The van der Waals surface area contributed by atoms with Gasteiger partial charge in [0.15, 0.2) is 0 Å². The molecule has 0 fully saturated rings. The molecule has 0 amide bonds. The molecule has 0 unspecified atom stereocenters. The van der Waals surface area contributed by atoms with Crippen molar-refractivity contribution in [2.45, 2.75) is 33.6 Å². The van der Waals surface area contributed by atoms with Crippen LogP contribution in [0.15, 0.2) is 29.0 Å². The van der Waals surface area contributed by atoms with E-state index in [2.05, 4.69) is 36.3 Å². The molecule has 114 valence electrons. The predicted molar refractivity (Wildman–Crippen MR) is 83.1 cm³/mol. The summed E-state index contributed by atoms with van der Waals surface area (Å²) in [7, 11) is 0. The Balaban J connectivity index is 2.18. The Morgan fingerprint density at radius 1 is 1.29 bits per heavy atom. The first-order valence-corrected chi connectivity index (χ1v) is 7.36. The van der Waals surface area contributed by atoms with E-state index in [1.165, 1.54) is 6.39 Å². The van der Waals surface area contributed by atoms with E-state index in [-0.39, 0.29) is 12.0 Å². The lowest BCUT2D eigenvalue weighted by Gasteiger charge is -2.30. The van der Waals surface area contributed by atoms with E-state index in [9.17, 15) is 5.11 Å². The summed E-state index contributed by atoms with van der Waals surface area (Å²) in [6.45, 7) is 7.21. The van der Waals surface area contributed by atoms with Crippen molar-refractivity contribution in [3.63, 3.8) is 0 Å². The minimum Gasteiger partial charge on any atom is -0.423 e. The number of hydrogen-bond acceptors (Lipinski definition) is 5. The number of anilines is 1. The number of benzene rings is 1. The van der Waals surface area contributed by atoms with Gasteiger partial charge >= 0.3 is 0 Å². The van der Waals surface area contributed by atoms with Crippen LogP contribution in [-0.4, -0.2) is 28.5 Å². The van der Waals surface area contributed by atoms with Crippen LogP contribution in [0.2, 0.25) is 0 Å². The zero-order valence-corrected chi connectivity index (χ0v) is 12.9. The number of aliphatic hydroxyl groups is 1. The minimum atomic E-state index is -0.0765. The summed E-state index contributed by atoms with van der Waals surface area (Å²) in [5.41, 5.74) is 3.00. The van der Waals surface area contributed by atoms with Gasteiger partial charge in [0, 0.05) is 23.2 Å². The van der Waals surface area contributed by atoms with Crippen LogP contribution < -0.4 is 5.32 Å². The Labute approximate surface area is 125 Å². The van der Waals surface area contributed by atoms with Crippen LogP contribution in [-0.2, 0) is 0 Å². The molecule has 2 rings (SSSR count). The monoisotopic (exact) mass is 289 g/mol. The Kier molecular flexibility index (Phi) is 4.96. The zero-order chi connectivity index (χ0) is 15.3. The molecule has 0 aliphatic rings. The van der Waals surface area contributed by atoms with E-state index in [0.29, 0.717) is 5.89 Å². The van der Waals surface area contributed by atoms with Crippen LogP contribution in [0.1, 0.15) is 32.3 Å². The van der Waals surface area contributed by atoms with Gasteiger partial charge in [-0.2, -0.15) is 0 Å². The van der Waals surface area contributed by atoms with Gasteiger partial charge < -0.3 is 14.8 Å². The minimum absolute atomic E-state index is 0.0765. The molecule has 0 aliphatic carbocycles. The van der Waals surface area contributed by atoms with Crippen molar-refractivity contribution in [3.05, 3.63) is 30.2 Å². The van der Waals surface area contributed by atoms with Crippen molar-refractivity contribution in [1.29, 1.82) is 0 Å². The third-order valence-corrected chi connectivity index (χ3v) is 4.33. The molecule has 0 radical (unpaired) electrons. The van der Waals surface area contributed by atoms with Gasteiger partial charge in [-0.25, -0.2) is 0 Å². The summed E-state index contributed by atoms with van der Waals surface area (Å²) in [4.78, 5) is 0. The Hall–Kier alpha value is -1.88. The largest absolute Gasteiger partial charge is 0.423 e. The van der Waals surface area contributed by atoms with E-state index in [1.807, 2.05) is 18.2 Å². The fourth-order valence-electron chi connectivity index (χ4n) is 2.31. The molecule has 1 aromatic carbocycles. The number of rotatable bonds is 7. The van der Waals surface area contributed by atoms with Crippen LogP contribution in [0.4, 0.5) is 5.69 Å². The SMILES string of the molecule is CCC(CC)(CO)CNc1cc(-c2nnco2)ccc1C. The fraction of sp³-hybridized carbons (Fsp3) is 0.500. The second-order valence-corrected chi connectivity index (χ2v) is 5.49. The zero-order valence-electron chi connectivity index (χ0n) is 12.9. The highest BCUT2D eigenvalue weighted by Crippen LogP contribution is 2.28. The van der Waals surface area contributed by atoms with Crippen LogP contribution >= 0.6 is 0 Å². The average Bonchev–Trinajstić information content (AvgIpc) is 3.05. The highest BCUT2D eigenvalue weighted by atomic mass is 16.4. The Morgan fingerprint density at radius 2 is 2.05 bits per heavy atom. The molecule has 0 aliphatic heterocycles. The highest BCUT2D eigenvalue weighted by molar-refractivity contribution is 5.64. The van der Waals surface area contributed by atoms with Crippen LogP contribution in [0.3, 0.4) is 0 Å². The molecule has 0 spiro atoms. The van der Waals surface area contributed by atoms with Gasteiger partial charge in [0.1, 0.15) is 0 Å². The van der Waals surface area contributed by atoms with Crippen molar-refractivity contribution in [2.24, 2.45) is 5.41 Å². The van der Waals surface area contributed by atoms with Crippen molar-refractivity contribution in [2.75, 3.05) is 18.5 Å². The molecule has 5 heteroatoms. The molecule has 0 saturated heterocycles. The van der Waals surface area contributed by atoms with E-state index < -0.39 is 0 Å². The Bertz CT molecular complexity index is 555. The fourth-order valence-corrected chi connectivity index (χ4v) is 2.31. The number of nitrogens with zero attached hydrogens (tertiary/aromatic N) is 2. The first kappa shape index (κ1) is 15.5. The molecular formula is C16H23N3O2. The maximum atomic E-state index is 9.66. The number of aromatic nitrogens is 2.